The number of nitrogens with zero attached hydrogens (tertiary/aromatic N) is 1. The van der Waals surface area contributed by atoms with Gasteiger partial charge in [0.05, 0.1) is 25.7 Å². The second-order valence-electron chi connectivity index (χ2n) is 6.12. The third-order valence-electron chi connectivity index (χ3n) is 4.42. The number of ether oxygens (including phenoxy) is 1. The van der Waals surface area contributed by atoms with Gasteiger partial charge in [0, 0.05) is 6.54 Å². The summed E-state index contributed by atoms with van der Waals surface area (Å²) in [5, 5.41) is 9.41. The molecule has 4 heteroatoms. The number of rotatable bonds is 6. The largest absolute Gasteiger partial charge is 0.508 e. The fourth-order valence-corrected chi connectivity index (χ4v) is 3.18. The zero-order valence-corrected chi connectivity index (χ0v) is 13.7. The number of phenolic OH excluding ortho intramolecular Hbond substituents is 1. The van der Waals surface area contributed by atoms with Crippen LogP contribution in [-0.4, -0.2) is 29.1 Å². The molecule has 1 amide bonds. The van der Waals surface area contributed by atoms with Gasteiger partial charge in [-0.1, -0.05) is 42.5 Å². The van der Waals surface area contributed by atoms with Gasteiger partial charge in [-0.2, -0.15) is 0 Å². The summed E-state index contributed by atoms with van der Waals surface area (Å²) in [5.41, 5.74) is 2.21. The van der Waals surface area contributed by atoms with Gasteiger partial charge < -0.3 is 14.7 Å². The van der Waals surface area contributed by atoms with Gasteiger partial charge in [-0.25, -0.2) is 0 Å². The topological polar surface area (TPSA) is 49.8 Å². The third-order valence-corrected chi connectivity index (χ3v) is 4.42. The molecule has 3 rings (SSSR count). The van der Waals surface area contributed by atoms with Crippen molar-refractivity contribution in [2.24, 2.45) is 0 Å². The molecule has 1 atom stereocenters. The van der Waals surface area contributed by atoms with Crippen LogP contribution in [0.25, 0.3) is 0 Å². The molecule has 0 bridgehead atoms. The van der Waals surface area contributed by atoms with Crippen LogP contribution < -0.4 is 0 Å². The van der Waals surface area contributed by atoms with Crippen molar-refractivity contribution in [3.05, 3.63) is 65.7 Å². The average molecular weight is 325 g/mol. The van der Waals surface area contributed by atoms with Gasteiger partial charge in [0.15, 0.2) is 0 Å². The highest BCUT2D eigenvalue weighted by molar-refractivity contribution is 5.77. The molecule has 1 heterocycles. The standard InChI is InChI=1S/C20H23NO3/c22-18-10-8-17(9-11-18)19-7-4-13-21(19)20(23)12-14-24-15-16-5-2-1-3-6-16/h1-3,5-6,8-11,19,22H,4,7,12-15H2/t19-/m0/s1. The second kappa shape index (κ2) is 7.97. The Balaban J connectivity index is 1.49. The molecule has 126 valence electrons. The Morgan fingerprint density at radius 2 is 1.88 bits per heavy atom. The van der Waals surface area contributed by atoms with Crippen LogP contribution in [0.1, 0.15) is 36.4 Å². The van der Waals surface area contributed by atoms with Crippen molar-refractivity contribution in [2.45, 2.75) is 31.9 Å². The van der Waals surface area contributed by atoms with Gasteiger partial charge in [0.25, 0.3) is 0 Å². The Labute approximate surface area is 142 Å². The Kier molecular flexibility index (Phi) is 5.49. The number of aromatic hydroxyl groups is 1. The molecule has 0 saturated carbocycles. The molecular weight excluding hydrogens is 302 g/mol. The minimum absolute atomic E-state index is 0.118. The minimum Gasteiger partial charge on any atom is -0.508 e. The van der Waals surface area contributed by atoms with Gasteiger partial charge in [0.1, 0.15) is 5.75 Å². The number of phenols is 1. The van der Waals surface area contributed by atoms with E-state index >= 15 is 0 Å². The third kappa shape index (κ3) is 4.15. The smallest absolute Gasteiger partial charge is 0.225 e. The van der Waals surface area contributed by atoms with Crippen molar-refractivity contribution in [1.82, 2.24) is 4.90 Å². The highest BCUT2D eigenvalue weighted by Crippen LogP contribution is 2.33. The maximum Gasteiger partial charge on any atom is 0.225 e. The molecule has 0 spiro atoms. The van der Waals surface area contributed by atoms with E-state index in [1.807, 2.05) is 47.4 Å². The summed E-state index contributed by atoms with van der Waals surface area (Å²) in [5.74, 6) is 0.391. The van der Waals surface area contributed by atoms with E-state index in [9.17, 15) is 9.90 Å². The fraction of sp³-hybridized carbons (Fsp3) is 0.350. The van der Waals surface area contributed by atoms with Gasteiger partial charge in [-0.3, -0.25) is 4.79 Å². The number of carbonyl (C=O) groups is 1. The number of carbonyl (C=O) groups excluding carboxylic acids is 1. The first-order valence-corrected chi connectivity index (χ1v) is 8.44. The zero-order valence-electron chi connectivity index (χ0n) is 13.7. The molecule has 2 aromatic rings. The van der Waals surface area contributed by atoms with Crippen LogP contribution in [0.5, 0.6) is 5.75 Å². The molecular formula is C20H23NO3. The van der Waals surface area contributed by atoms with Crippen molar-refractivity contribution < 1.29 is 14.6 Å². The van der Waals surface area contributed by atoms with E-state index in [1.165, 1.54) is 0 Å². The first-order chi connectivity index (χ1) is 11.7. The van der Waals surface area contributed by atoms with E-state index in [1.54, 1.807) is 12.1 Å². The number of hydrogen-bond acceptors (Lipinski definition) is 3. The second-order valence-corrected chi connectivity index (χ2v) is 6.12. The molecule has 24 heavy (non-hydrogen) atoms. The molecule has 1 N–H and O–H groups in total. The van der Waals surface area contributed by atoms with E-state index in [-0.39, 0.29) is 17.7 Å². The fourth-order valence-electron chi connectivity index (χ4n) is 3.18. The van der Waals surface area contributed by atoms with Crippen molar-refractivity contribution in [1.29, 1.82) is 0 Å². The van der Waals surface area contributed by atoms with Crippen LogP contribution in [0, 0.1) is 0 Å². The lowest BCUT2D eigenvalue weighted by Gasteiger charge is -2.25. The molecule has 0 aliphatic carbocycles. The maximum atomic E-state index is 12.5. The Bertz CT molecular complexity index is 654. The van der Waals surface area contributed by atoms with E-state index in [2.05, 4.69) is 0 Å². The summed E-state index contributed by atoms with van der Waals surface area (Å²) in [7, 11) is 0. The predicted octanol–water partition coefficient (Wildman–Crippen LogP) is 3.66. The van der Waals surface area contributed by atoms with Crippen molar-refractivity contribution in [2.75, 3.05) is 13.2 Å². The molecule has 0 aromatic heterocycles. The van der Waals surface area contributed by atoms with Crippen LogP contribution in [0.3, 0.4) is 0 Å². The molecule has 1 aliphatic rings. The first-order valence-electron chi connectivity index (χ1n) is 8.44. The van der Waals surface area contributed by atoms with Crippen molar-refractivity contribution >= 4 is 5.91 Å². The van der Waals surface area contributed by atoms with E-state index in [0.29, 0.717) is 19.6 Å². The van der Waals surface area contributed by atoms with Crippen LogP contribution >= 0.6 is 0 Å². The quantitative estimate of drug-likeness (QED) is 0.825. The lowest BCUT2D eigenvalue weighted by atomic mass is 10.0. The number of amides is 1. The Hall–Kier alpha value is -2.33. The van der Waals surface area contributed by atoms with Crippen molar-refractivity contribution in [3.63, 3.8) is 0 Å². The average Bonchev–Trinajstić information content (AvgIpc) is 3.10. The van der Waals surface area contributed by atoms with Gasteiger partial charge in [0.2, 0.25) is 5.91 Å². The Morgan fingerprint density at radius 3 is 2.62 bits per heavy atom. The van der Waals surface area contributed by atoms with Gasteiger partial charge in [-0.05, 0) is 36.1 Å². The molecule has 2 aromatic carbocycles. The monoisotopic (exact) mass is 325 g/mol. The van der Waals surface area contributed by atoms with Crippen LogP contribution in [-0.2, 0) is 16.1 Å². The first kappa shape index (κ1) is 16.5. The van der Waals surface area contributed by atoms with Crippen LogP contribution in [0.2, 0.25) is 0 Å². The SMILES string of the molecule is O=C(CCOCc1ccccc1)N1CCC[C@H]1c1ccc(O)cc1. The highest BCUT2D eigenvalue weighted by atomic mass is 16.5. The van der Waals surface area contributed by atoms with Gasteiger partial charge in [-0.15, -0.1) is 0 Å². The van der Waals surface area contributed by atoms with E-state index in [4.69, 9.17) is 4.74 Å². The summed E-state index contributed by atoms with van der Waals surface area (Å²) in [6, 6.07) is 17.3. The normalized spacial score (nSPS) is 17.2. The van der Waals surface area contributed by atoms with Crippen molar-refractivity contribution in [3.8, 4) is 5.75 Å². The van der Waals surface area contributed by atoms with E-state index < -0.39 is 0 Å². The predicted molar refractivity (Wildman–Crippen MR) is 92.5 cm³/mol. The molecule has 1 aliphatic heterocycles. The van der Waals surface area contributed by atoms with Crippen LogP contribution in [0.15, 0.2) is 54.6 Å². The zero-order chi connectivity index (χ0) is 16.8. The molecule has 0 unspecified atom stereocenters. The lowest BCUT2D eigenvalue weighted by Crippen LogP contribution is -2.31. The summed E-state index contributed by atoms with van der Waals surface area (Å²) in [6.07, 6.45) is 2.39. The van der Waals surface area contributed by atoms with E-state index in [0.717, 1.165) is 30.5 Å². The molecule has 4 nitrogen and oxygen atoms in total. The summed E-state index contributed by atoms with van der Waals surface area (Å²) in [6.45, 7) is 1.77. The molecule has 0 radical (unpaired) electrons. The number of benzene rings is 2. The highest BCUT2D eigenvalue weighted by Gasteiger charge is 2.29. The minimum atomic E-state index is 0.118. The Morgan fingerprint density at radius 1 is 1.12 bits per heavy atom. The number of hydrogen-bond donors (Lipinski definition) is 1. The summed E-state index contributed by atoms with van der Waals surface area (Å²) < 4.78 is 5.63. The van der Waals surface area contributed by atoms with Crippen LogP contribution in [0.4, 0.5) is 0 Å². The number of likely N-dealkylation sites (tertiary alicyclic amines) is 1. The lowest BCUT2D eigenvalue weighted by molar-refractivity contribution is -0.133. The molecule has 1 saturated heterocycles. The molecule has 1 fully saturated rings. The summed E-state index contributed by atoms with van der Waals surface area (Å²) in [4.78, 5) is 14.4. The maximum absolute atomic E-state index is 12.5. The summed E-state index contributed by atoms with van der Waals surface area (Å²) >= 11 is 0. The van der Waals surface area contributed by atoms with Gasteiger partial charge >= 0.3 is 0 Å².